The molecule has 0 amide bonds. The average molecular weight is 267 g/mol. The Hall–Kier alpha value is -0.670. The molecule has 0 N–H and O–H groups in total. The number of benzene rings is 1. The van der Waals surface area contributed by atoms with Crippen molar-refractivity contribution in [1.82, 2.24) is 4.31 Å². The van der Waals surface area contributed by atoms with Crippen molar-refractivity contribution in [3.63, 3.8) is 0 Å². The molecule has 1 atom stereocenters. The Labute approximate surface area is 114 Å². The fourth-order valence-electron chi connectivity index (χ4n) is 1.99. The minimum absolute atomic E-state index is 0.900. The molecule has 2 nitrogen and oxygen atoms in total. The molecule has 0 bridgehead atoms. The first-order valence-electron chi connectivity index (χ1n) is 6.98. The van der Waals surface area contributed by atoms with Gasteiger partial charge in [0.05, 0.1) is 4.90 Å². The first-order chi connectivity index (χ1) is 8.72. The number of hydrogen-bond donors (Lipinski definition) is 0. The summed E-state index contributed by atoms with van der Waals surface area (Å²) >= 11 is 0. The molecule has 3 heteroatoms. The highest BCUT2D eigenvalue weighted by Gasteiger charge is 2.13. The summed E-state index contributed by atoms with van der Waals surface area (Å²) in [6.45, 7) is 8.24. The predicted octanol–water partition coefficient (Wildman–Crippen LogP) is 3.78. The van der Waals surface area contributed by atoms with E-state index in [0.717, 1.165) is 43.7 Å². The highest BCUT2D eigenvalue weighted by atomic mass is 32.2. The van der Waals surface area contributed by atoms with Crippen LogP contribution in [0, 0.1) is 0 Å². The van der Waals surface area contributed by atoms with Gasteiger partial charge in [-0.05, 0) is 37.0 Å². The lowest BCUT2D eigenvalue weighted by molar-refractivity contribution is 0.442. The van der Waals surface area contributed by atoms with Crippen molar-refractivity contribution in [1.29, 1.82) is 0 Å². The molecule has 1 unspecified atom stereocenters. The molecule has 0 saturated heterocycles. The summed E-state index contributed by atoms with van der Waals surface area (Å²) in [6.07, 6.45) is 4.33. The van der Waals surface area contributed by atoms with Gasteiger partial charge >= 0.3 is 0 Å². The third kappa shape index (κ3) is 4.54. The monoisotopic (exact) mass is 267 g/mol. The predicted molar refractivity (Wildman–Crippen MR) is 79.0 cm³/mol. The van der Waals surface area contributed by atoms with E-state index < -0.39 is 11.0 Å². The third-order valence-electron chi connectivity index (χ3n) is 2.84. The van der Waals surface area contributed by atoms with E-state index >= 15 is 0 Å². The van der Waals surface area contributed by atoms with E-state index in [9.17, 15) is 4.21 Å². The normalized spacial score (nSPS) is 12.9. The van der Waals surface area contributed by atoms with Crippen LogP contribution in [0.15, 0.2) is 29.2 Å². The van der Waals surface area contributed by atoms with E-state index in [4.69, 9.17) is 0 Å². The van der Waals surface area contributed by atoms with E-state index in [2.05, 4.69) is 37.2 Å². The quantitative estimate of drug-likeness (QED) is 0.702. The average Bonchev–Trinajstić information content (AvgIpc) is 2.39. The molecule has 0 heterocycles. The van der Waals surface area contributed by atoms with Gasteiger partial charge in [0, 0.05) is 13.1 Å². The van der Waals surface area contributed by atoms with Gasteiger partial charge in [-0.1, -0.05) is 39.3 Å². The van der Waals surface area contributed by atoms with Crippen LogP contribution in [0.25, 0.3) is 0 Å². The first-order valence-corrected chi connectivity index (χ1v) is 8.09. The Kier molecular flexibility index (Phi) is 7.21. The minimum atomic E-state index is -1.000. The fourth-order valence-corrected chi connectivity index (χ4v) is 3.35. The van der Waals surface area contributed by atoms with Gasteiger partial charge in [0.15, 0.2) is 0 Å². The van der Waals surface area contributed by atoms with E-state index in [1.807, 2.05) is 12.1 Å². The summed E-state index contributed by atoms with van der Waals surface area (Å²) in [4.78, 5) is 0.928. The van der Waals surface area contributed by atoms with Crippen molar-refractivity contribution in [2.24, 2.45) is 0 Å². The van der Waals surface area contributed by atoms with Crippen LogP contribution in [0.4, 0.5) is 0 Å². The SMILES string of the molecule is CCCc1ccc(S(=O)N(CCC)CCC)cc1. The highest BCUT2D eigenvalue weighted by Crippen LogP contribution is 2.14. The molecule has 18 heavy (non-hydrogen) atoms. The summed E-state index contributed by atoms with van der Waals surface area (Å²) in [7, 11) is -1.000. The molecule has 0 fully saturated rings. The van der Waals surface area contributed by atoms with Gasteiger partial charge in [0.2, 0.25) is 0 Å². The summed E-state index contributed by atoms with van der Waals surface area (Å²) in [5, 5.41) is 0. The second-order valence-electron chi connectivity index (χ2n) is 4.57. The van der Waals surface area contributed by atoms with Crippen molar-refractivity contribution in [3.8, 4) is 0 Å². The molecule has 0 aliphatic heterocycles. The maximum atomic E-state index is 12.4. The zero-order chi connectivity index (χ0) is 13.4. The fraction of sp³-hybridized carbons (Fsp3) is 0.600. The topological polar surface area (TPSA) is 20.3 Å². The Morgan fingerprint density at radius 1 is 0.944 bits per heavy atom. The van der Waals surface area contributed by atoms with Crippen LogP contribution >= 0.6 is 0 Å². The van der Waals surface area contributed by atoms with Crippen molar-refractivity contribution < 1.29 is 4.21 Å². The summed E-state index contributed by atoms with van der Waals surface area (Å²) in [5.74, 6) is 0. The molecule has 1 aromatic carbocycles. The molecular formula is C15H25NOS. The largest absolute Gasteiger partial charge is 0.237 e. The first kappa shape index (κ1) is 15.4. The number of aryl methyl sites for hydroxylation is 1. The lowest BCUT2D eigenvalue weighted by Crippen LogP contribution is -2.27. The number of nitrogens with zero attached hydrogens (tertiary/aromatic N) is 1. The number of rotatable bonds is 8. The van der Waals surface area contributed by atoms with Crippen LogP contribution in [-0.2, 0) is 17.4 Å². The van der Waals surface area contributed by atoms with Gasteiger partial charge in [-0.2, -0.15) is 0 Å². The van der Waals surface area contributed by atoms with Crippen molar-refractivity contribution in [2.45, 2.75) is 51.3 Å². The molecule has 1 aromatic rings. The van der Waals surface area contributed by atoms with Crippen molar-refractivity contribution in [3.05, 3.63) is 29.8 Å². The zero-order valence-electron chi connectivity index (χ0n) is 11.8. The maximum absolute atomic E-state index is 12.4. The molecule has 1 rings (SSSR count). The van der Waals surface area contributed by atoms with E-state index in [-0.39, 0.29) is 0 Å². The molecule has 0 spiro atoms. The molecule has 0 aromatic heterocycles. The van der Waals surface area contributed by atoms with Gasteiger partial charge in [0.25, 0.3) is 0 Å². The van der Waals surface area contributed by atoms with Crippen LogP contribution in [0.1, 0.15) is 45.6 Å². The smallest absolute Gasteiger partial charge is 0.127 e. The summed E-state index contributed by atoms with van der Waals surface area (Å²) in [6, 6.07) is 8.23. The molecule has 0 radical (unpaired) electrons. The van der Waals surface area contributed by atoms with Gasteiger partial charge in [0.1, 0.15) is 11.0 Å². The van der Waals surface area contributed by atoms with Crippen LogP contribution in [0.2, 0.25) is 0 Å². The molecule has 0 aliphatic rings. The minimum Gasteiger partial charge on any atom is -0.237 e. The molecular weight excluding hydrogens is 242 g/mol. The van der Waals surface area contributed by atoms with E-state index in [1.54, 1.807) is 0 Å². The molecule has 0 saturated carbocycles. The maximum Gasteiger partial charge on any atom is 0.127 e. The van der Waals surface area contributed by atoms with E-state index in [1.165, 1.54) is 5.56 Å². The molecule has 0 aliphatic carbocycles. The Morgan fingerprint density at radius 2 is 1.50 bits per heavy atom. The highest BCUT2D eigenvalue weighted by molar-refractivity contribution is 7.82. The van der Waals surface area contributed by atoms with Gasteiger partial charge in [-0.25, -0.2) is 8.51 Å². The van der Waals surface area contributed by atoms with Gasteiger partial charge < -0.3 is 0 Å². The Bertz CT molecular complexity index is 355. The second kappa shape index (κ2) is 8.44. The van der Waals surface area contributed by atoms with Gasteiger partial charge in [-0.3, -0.25) is 0 Å². The third-order valence-corrected chi connectivity index (χ3v) is 4.35. The standard InChI is InChI=1S/C15H25NOS/c1-4-7-14-8-10-15(11-9-14)18(17)16(12-5-2)13-6-3/h8-11H,4-7,12-13H2,1-3H3. The van der Waals surface area contributed by atoms with Crippen LogP contribution in [0.3, 0.4) is 0 Å². The van der Waals surface area contributed by atoms with Gasteiger partial charge in [-0.15, -0.1) is 0 Å². The van der Waals surface area contributed by atoms with Crippen molar-refractivity contribution in [2.75, 3.05) is 13.1 Å². The Morgan fingerprint density at radius 3 is 1.94 bits per heavy atom. The summed E-state index contributed by atoms with van der Waals surface area (Å²) in [5.41, 5.74) is 1.33. The lowest BCUT2D eigenvalue weighted by atomic mass is 10.1. The Balaban J connectivity index is 2.74. The van der Waals surface area contributed by atoms with Crippen LogP contribution in [0.5, 0.6) is 0 Å². The van der Waals surface area contributed by atoms with Crippen LogP contribution in [-0.4, -0.2) is 21.6 Å². The zero-order valence-corrected chi connectivity index (χ0v) is 12.6. The van der Waals surface area contributed by atoms with Crippen LogP contribution < -0.4 is 0 Å². The number of hydrogen-bond acceptors (Lipinski definition) is 1. The lowest BCUT2D eigenvalue weighted by Gasteiger charge is -2.19. The second-order valence-corrected chi connectivity index (χ2v) is 6.06. The summed E-state index contributed by atoms with van der Waals surface area (Å²) < 4.78 is 14.5. The van der Waals surface area contributed by atoms with Crippen molar-refractivity contribution >= 4 is 11.0 Å². The molecule has 102 valence electrons. The van der Waals surface area contributed by atoms with E-state index in [0.29, 0.717) is 0 Å².